The Morgan fingerprint density at radius 1 is 1.19 bits per heavy atom. The van der Waals surface area contributed by atoms with Gasteiger partial charge in [0.15, 0.2) is 0 Å². The maximum Gasteiger partial charge on any atom is 0.270 e. The molecule has 0 unspecified atom stereocenters. The minimum absolute atomic E-state index is 0.171. The largest absolute Gasteiger partial charge is 0.347 e. The standard InChI is InChI=1S/C17H15N3O/c1-12-3-2-4-13(9-12)10-19-17(21)16-6-5-14-11-18-8-7-15(14)20-16/h2-9,11H,10H2,1H3,(H,19,21). The van der Waals surface area contributed by atoms with E-state index in [0.717, 1.165) is 16.5 Å². The summed E-state index contributed by atoms with van der Waals surface area (Å²) in [6, 6.07) is 13.4. The molecule has 0 radical (unpaired) electrons. The molecule has 0 fully saturated rings. The zero-order chi connectivity index (χ0) is 14.7. The number of hydrogen-bond acceptors (Lipinski definition) is 3. The van der Waals surface area contributed by atoms with Crippen molar-refractivity contribution < 1.29 is 4.79 Å². The van der Waals surface area contributed by atoms with Gasteiger partial charge < -0.3 is 5.32 Å². The number of rotatable bonds is 3. The van der Waals surface area contributed by atoms with E-state index < -0.39 is 0 Å². The van der Waals surface area contributed by atoms with Crippen molar-refractivity contribution in [1.29, 1.82) is 0 Å². The summed E-state index contributed by atoms with van der Waals surface area (Å²) < 4.78 is 0. The summed E-state index contributed by atoms with van der Waals surface area (Å²) in [7, 11) is 0. The Balaban J connectivity index is 1.74. The summed E-state index contributed by atoms with van der Waals surface area (Å²) in [4.78, 5) is 20.5. The van der Waals surface area contributed by atoms with Gasteiger partial charge in [0, 0.05) is 24.3 Å². The van der Waals surface area contributed by atoms with Gasteiger partial charge in [-0.1, -0.05) is 29.8 Å². The second kappa shape index (κ2) is 5.71. The highest BCUT2D eigenvalue weighted by Gasteiger charge is 2.07. The first-order valence-corrected chi connectivity index (χ1v) is 6.77. The highest BCUT2D eigenvalue weighted by molar-refractivity contribution is 5.94. The van der Waals surface area contributed by atoms with Crippen LogP contribution in [0.4, 0.5) is 0 Å². The first-order chi connectivity index (χ1) is 10.2. The summed E-state index contributed by atoms with van der Waals surface area (Å²) in [6.07, 6.45) is 3.40. The van der Waals surface area contributed by atoms with Gasteiger partial charge in [-0.05, 0) is 30.7 Å². The molecule has 0 saturated carbocycles. The van der Waals surface area contributed by atoms with E-state index in [1.165, 1.54) is 5.56 Å². The lowest BCUT2D eigenvalue weighted by molar-refractivity contribution is 0.0946. The summed E-state index contributed by atoms with van der Waals surface area (Å²) in [5.74, 6) is -0.171. The fraction of sp³-hybridized carbons (Fsp3) is 0.118. The van der Waals surface area contributed by atoms with Crippen molar-refractivity contribution in [3.63, 3.8) is 0 Å². The number of aromatic nitrogens is 2. The van der Waals surface area contributed by atoms with Crippen molar-refractivity contribution >= 4 is 16.8 Å². The van der Waals surface area contributed by atoms with E-state index in [4.69, 9.17) is 0 Å². The fourth-order valence-electron chi connectivity index (χ4n) is 2.19. The summed E-state index contributed by atoms with van der Waals surface area (Å²) in [5.41, 5.74) is 3.45. The predicted molar refractivity (Wildman–Crippen MR) is 81.9 cm³/mol. The number of nitrogens with zero attached hydrogens (tertiary/aromatic N) is 2. The Hall–Kier alpha value is -2.75. The summed E-state index contributed by atoms with van der Waals surface area (Å²) in [5, 5.41) is 3.81. The normalized spacial score (nSPS) is 10.5. The molecule has 0 aliphatic carbocycles. The molecule has 1 aromatic carbocycles. The van der Waals surface area contributed by atoms with Gasteiger partial charge in [0.05, 0.1) is 5.52 Å². The van der Waals surface area contributed by atoms with Gasteiger partial charge in [-0.25, -0.2) is 4.98 Å². The number of nitrogens with one attached hydrogen (secondary N) is 1. The lowest BCUT2D eigenvalue weighted by Gasteiger charge is -2.06. The van der Waals surface area contributed by atoms with E-state index >= 15 is 0 Å². The first kappa shape index (κ1) is 13.2. The Labute approximate surface area is 122 Å². The lowest BCUT2D eigenvalue weighted by Crippen LogP contribution is -2.23. The molecule has 21 heavy (non-hydrogen) atoms. The molecule has 1 N–H and O–H groups in total. The third-order valence-electron chi connectivity index (χ3n) is 3.26. The Kier molecular flexibility index (Phi) is 3.60. The molecule has 1 amide bonds. The Morgan fingerprint density at radius 2 is 2.10 bits per heavy atom. The van der Waals surface area contributed by atoms with E-state index in [-0.39, 0.29) is 5.91 Å². The summed E-state index contributed by atoms with van der Waals surface area (Å²) in [6.45, 7) is 2.53. The monoisotopic (exact) mass is 277 g/mol. The van der Waals surface area contributed by atoms with Crippen molar-refractivity contribution in [2.75, 3.05) is 0 Å². The molecule has 4 heteroatoms. The average Bonchev–Trinajstić information content (AvgIpc) is 2.52. The number of amides is 1. The van der Waals surface area contributed by atoms with Crippen molar-refractivity contribution in [3.05, 3.63) is 71.7 Å². The molecule has 0 aliphatic heterocycles. The van der Waals surface area contributed by atoms with Crippen LogP contribution in [0, 0.1) is 6.92 Å². The van der Waals surface area contributed by atoms with Crippen LogP contribution in [-0.4, -0.2) is 15.9 Å². The topological polar surface area (TPSA) is 54.9 Å². The van der Waals surface area contributed by atoms with Crippen LogP contribution < -0.4 is 5.32 Å². The number of aryl methyl sites for hydroxylation is 1. The van der Waals surface area contributed by atoms with Crippen molar-refractivity contribution in [3.8, 4) is 0 Å². The molecule has 2 aromatic heterocycles. The Bertz CT molecular complexity index is 799. The third kappa shape index (κ3) is 3.05. The smallest absolute Gasteiger partial charge is 0.270 e. The van der Waals surface area contributed by atoms with Gasteiger partial charge in [-0.15, -0.1) is 0 Å². The molecule has 3 rings (SSSR count). The molecule has 104 valence electrons. The molecule has 0 aliphatic rings. The molecule has 3 aromatic rings. The average molecular weight is 277 g/mol. The molecule has 0 atom stereocenters. The molecule has 4 nitrogen and oxygen atoms in total. The Morgan fingerprint density at radius 3 is 2.95 bits per heavy atom. The zero-order valence-corrected chi connectivity index (χ0v) is 11.7. The van der Waals surface area contributed by atoms with Gasteiger partial charge >= 0.3 is 0 Å². The molecule has 0 spiro atoms. The second-order valence-electron chi connectivity index (χ2n) is 4.94. The number of carbonyl (C=O) groups excluding carboxylic acids is 1. The first-order valence-electron chi connectivity index (χ1n) is 6.77. The van der Waals surface area contributed by atoms with E-state index in [9.17, 15) is 4.79 Å². The molecular weight excluding hydrogens is 262 g/mol. The van der Waals surface area contributed by atoms with Crippen LogP contribution in [0.15, 0.2) is 54.9 Å². The molecular formula is C17H15N3O. The second-order valence-corrected chi connectivity index (χ2v) is 4.94. The van der Waals surface area contributed by atoms with E-state index in [0.29, 0.717) is 12.2 Å². The highest BCUT2D eigenvalue weighted by Crippen LogP contribution is 2.10. The van der Waals surface area contributed by atoms with Gasteiger partial charge in [-0.3, -0.25) is 9.78 Å². The summed E-state index contributed by atoms with van der Waals surface area (Å²) >= 11 is 0. The number of fused-ring (bicyclic) bond motifs is 1. The minimum Gasteiger partial charge on any atom is -0.347 e. The van der Waals surface area contributed by atoms with Gasteiger partial charge in [0.1, 0.15) is 5.69 Å². The van der Waals surface area contributed by atoms with Crippen LogP contribution in [-0.2, 0) is 6.54 Å². The van der Waals surface area contributed by atoms with Crippen LogP contribution in [0.5, 0.6) is 0 Å². The fourth-order valence-corrected chi connectivity index (χ4v) is 2.19. The van der Waals surface area contributed by atoms with Crippen LogP contribution >= 0.6 is 0 Å². The van der Waals surface area contributed by atoms with E-state index in [1.807, 2.05) is 31.2 Å². The van der Waals surface area contributed by atoms with E-state index in [2.05, 4.69) is 21.4 Å². The predicted octanol–water partition coefficient (Wildman–Crippen LogP) is 2.87. The third-order valence-corrected chi connectivity index (χ3v) is 3.26. The maximum atomic E-state index is 12.2. The number of carbonyl (C=O) groups is 1. The lowest BCUT2D eigenvalue weighted by atomic mass is 10.1. The van der Waals surface area contributed by atoms with Gasteiger partial charge in [0.2, 0.25) is 0 Å². The SMILES string of the molecule is Cc1cccc(CNC(=O)c2ccc3cnccc3n2)c1. The molecule has 2 heterocycles. The quantitative estimate of drug-likeness (QED) is 0.801. The van der Waals surface area contributed by atoms with Gasteiger partial charge in [-0.2, -0.15) is 0 Å². The van der Waals surface area contributed by atoms with Crippen LogP contribution in [0.3, 0.4) is 0 Å². The van der Waals surface area contributed by atoms with Crippen LogP contribution in [0.2, 0.25) is 0 Å². The number of benzene rings is 1. The van der Waals surface area contributed by atoms with Crippen LogP contribution in [0.25, 0.3) is 10.9 Å². The maximum absolute atomic E-state index is 12.2. The van der Waals surface area contributed by atoms with Crippen molar-refractivity contribution in [2.45, 2.75) is 13.5 Å². The minimum atomic E-state index is -0.171. The highest BCUT2D eigenvalue weighted by atomic mass is 16.1. The molecule has 0 saturated heterocycles. The number of hydrogen-bond donors (Lipinski definition) is 1. The van der Waals surface area contributed by atoms with Crippen molar-refractivity contribution in [1.82, 2.24) is 15.3 Å². The van der Waals surface area contributed by atoms with E-state index in [1.54, 1.807) is 24.5 Å². The number of pyridine rings is 2. The van der Waals surface area contributed by atoms with Crippen molar-refractivity contribution in [2.24, 2.45) is 0 Å². The zero-order valence-electron chi connectivity index (χ0n) is 11.7. The van der Waals surface area contributed by atoms with Crippen LogP contribution in [0.1, 0.15) is 21.6 Å². The van der Waals surface area contributed by atoms with Gasteiger partial charge in [0.25, 0.3) is 5.91 Å². The molecule has 0 bridgehead atoms.